The molecule has 1 aliphatic rings. The van der Waals surface area contributed by atoms with Crippen LogP contribution in [-0.2, 0) is 0 Å². The van der Waals surface area contributed by atoms with Gasteiger partial charge in [0, 0.05) is 13.1 Å². The highest BCUT2D eigenvalue weighted by atomic mass is 16.2. The van der Waals surface area contributed by atoms with E-state index in [9.17, 15) is 4.79 Å². The van der Waals surface area contributed by atoms with Crippen LogP contribution in [0.25, 0.3) is 5.69 Å². The summed E-state index contributed by atoms with van der Waals surface area (Å²) in [6, 6.07) is 9.98. The van der Waals surface area contributed by atoms with E-state index in [0.717, 1.165) is 35.7 Å². The van der Waals surface area contributed by atoms with E-state index in [0.29, 0.717) is 11.8 Å². The number of piperidine rings is 1. The van der Waals surface area contributed by atoms with E-state index in [4.69, 9.17) is 0 Å². The Kier molecular flexibility index (Phi) is 4.24. The molecule has 4 nitrogen and oxygen atoms in total. The molecule has 122 valence electrons. The first kappa shape index (κ1) is 15.8. The van der Waals surface area contributed by atoms with Crippen molar-refractivity contribution in [1.82, 2.24) is 14.7 Å². The molecule has 2 heterocycles. The van der Waals surface area contributed by atoms with Crippen LogP contribution < -0.4 is 0 Å². The molecule has 23 heavy (non-hydrogen) atoms. The molecule has 0 spiro atoms. The second-order valence-electron chi connectivity index (χ2n) is 6.95. The summed E-state index contributed by atoms with van der Waals surface area (Å²) in [5.74, 6) is 1.25. The van der Waals surface area contributed by atoms with E-state index in [1.807, 2.05) is 53.8 Å². The van der Waals surface area contributed by atoms with Crippen LogP contribution >= 0.6 is 0 Å². The van der Waals surface area contributed by atoms with E-state index in [2.05, 4.69) is 18.9 Å². The van der Waals surface area contributed by atoms with Gasteiger partial charge in [0.25, 0.3) is 5.91 Å². The van der Waals surface area contributed by atoms with Gasteiger partial charge in [-0.15, -0.1) is 0 Å². The van der Waals surface area contributed by atoms with E-state index < -0.39 is 0 Å². The highest BCUT2D eigenvalue weighted by Crippen LogP contribution is 2.25. The third-order valence-electron chi connectivity index (χ3n) is 4.66. The van der Waals surface area contributed by atoms with Crippen molar-refractivity contribution in [2.24, 2.45) is 11.8 Å². The second kappa shape index (κ2) is 6.19. The highest BCUT2D eigenvalue weighted by molar-refractivity contribution is 5.96. The Labute approximate surface area is 138 Å². The third kappa shape index (κ3) is 3.03. The van der Waals surface area contributed by atoms with Crippen molar-refractivity contribution < 1.29 is 4.79 Å². The summed E-state index contributed by atoms with van der Waals surface area (Å²) in [4.78, 5) is 15.1. The van der Waals surface area contributed by atoms with Crippen molar-refractivity contribution >= 4 is 5.91 Å². The summed E-state index contributed by atoms with van der Waals surface area (Å²) in [6.07, 6.45) is 1.20. The van der Waals surface area contributed by atoms with Gasteiger partial charge in [0.1, 0.15) is 0 Å². The zero-order chi connectivity index (χ0) is 16.6. The molecule has 1 aromatic carbocycles. The third-order valence-corrected chi connectivity index (χ3v) is 4.66. The molecular formula is C19H25N3O. The summed E-state index contributed by atoms with van der Waals surface area (Å²) in [7, 11) is 0. The average Bonchev–Trinajstić information content (AvgIpc) is 2.81. The summed E-state index contributed by atoms with van der Waals surface area (Å²) in [6.45, 7) is 10.1. The van der Waals surface area contributed by atoms with E-state index in [-0.39, 0.29) is 5.91 Å². The highest BCUT2D eigenvalue weighted by Gasteiger charge is 2.29. The smallest absolute Gasteiger partial charge is 0.257 e. The van der Waals surface area contributed by atoms with E-state index >= 15 is 0 Å². The van der Waals surface area contributed by atoms with Gasteiger partial charge in [-0.1, -0.05) is 32.0 Å². The van der Waals surface area contributed by atoms with E-state index in [1.54, 1.807) is 0 Å². The molecule has 2 atom stereocenters. The minimum absolute atomic E-state index is 0.126. The SMILES string of the molecule is Cc1nn(-c2ccccc2)c(C)c1C(=O)N1CC(C)CC(C)C1. The Balaban J connectivity index is 1.94. The Bertz CT molecular complexity index is 695. The van der Waals surface area contributed by atoms with Gasteiger partial charge >= 0.3 is 0 Å². The number of para-hydroxylation sites is 1. The van der Waals surface area contributed by atoms with Crippen molar-refractivity contribution in [3.05, 3.63) is 47.3 Å². The molecule has 4 heteroatoms. The molecule has 2 unspecified atom stereocenters. The zero-order valence-electron chi connectivity index (χ0n) is 14.4. The molecule has 0 N–H and O–H groups in total. The maximum atomic E-state index is 13.0. The maximum Gasteiger partial charge on any atom is 0.257 e. The fourth-order valence-electron chi connectivity index (χ4n) is 3.76. The quantitative estimate of drug-likeness (QED) is 0.850. The van der Waals surface area contributed by atoms with Gasteiger partial charge in [-0.2, -0.15) is 5.10 Å². The second-order valence-corrected chi connectivity index (χ2v) is 6.95. The number of aryl methyl sites for hydroxylation is 1. The van der Waals surface area contributed by atoms with Crippen LogP contribution in [0.2, 0.25) is 0 Å². The number of hydrogen-bond donors (Lipinski definition) is 0. The predicted octanol–water partition coefficient (Wildman–Crippen LogP) is 3.61. The Hall–Kier alpha value is -2.10. The normalized spacial score (nSPS) is 21.5. The van der Waals surface area contributed by atoms with Crippen LogP contribution in [0.1, 0.15) is 42.0 Å². The number of carbonyl (C=O) groups excluding carboxylic acids is 1. The lowest BCUT2D eigenvalue weighted by Gasteiger charge is -2.35. The lowest BCUT2D eigenvalue weighted by molar-refractivity contribution is 0.0621. The molecule has 0 saturated carbocycles. The minimum atomic E-state index is 0.126. The first-order valence-corrected chi connectivity index (χ1v) is 8.38. The van der Waals surface area contributed by atoms with Crippen molar-refractivity contribution in [2.75, 3.05) is 13.1 Å². The Morgan fingerprint density at radius 2 is 1.70 bits per heavy atom. The topological polar surface area (TPSA) is 38.1 Å². The first-order chi connectivity index (χ1) is 11.0. The predicted molar refractivity (Wildman–Crippen MR) is 91.9 cm³/mol. The number of aromatic nitrogens is 2. The molecule has 3 rings (SSSR count). The van der Waals surface area contributed by atoms with Gasteiger partial charge in [0.15, 0.2) is 0 Å². The van der Waals surface area contributed by atoms with Gasteiger partial charge in [0.05, 0.1) is 22.6 Å². The summed E-state index contributed by atoms with van der Waals surface area (Å²) in [5, 5.41) is 4.60. The summed E-state index contributed by atoms with van der Waals surface area (Å²) < 4.78 is 1.87. The van der Waals surface area contributed by atoms with Crippen LogP contribution in [-0.4, -0.2) is 33.7 Å². The Morgan fingerprint density at radius 1 is 1.09 bits per heavy atom. The largest absolute Gasteiger partial charge is 0.338 e. The average molecular weight is 311 g/mol. The van der Waals surface area contributed by atoms with Gasteiger partial charge in [-0.3, -0.25) is 4.79 Å². The lowest BCUT2D eigenvalue weighted by atomic mass is 9.91. The lowest BCUT2D eigenvalue weighted by Crippen LogP contribution is -2.42. The molecule has 0 radical (unpaired) electrons. The number of hydrogen-bond acceptors (Lipinski definition) is 2. The van der Waals surface area contributed by atoms with Crippen molar-refractivity contribution in [3.63, 3.8) is 0 Å². The molecule has 1 aliphatic heterocycles. The molecule has 0 bridgehead atoms. The fraction of sp³-hybridized carbons (Fsp3) is 0.474. The number of rotatable bonds is 2. The number of likely N-dealkylation sites (tertiary alicyclic amines) is 1. The van der Waals surface area contributed by atoms with Crippen LogP contribution in [0.15, 0.2) is 30.3 Å². The van der Waals surface area contributed by atoms with Crippen LogP contribution in [0.5, 0.6) is 0 Å². The van der Waals surface area contributed by atoms with Crippen LogP contribution in [0, 0.1) is 25.7 Å². The van der Waals surface area contributed by atoms with Crippen LogP contribution in [0.4, 0.5) is 0 Å². The van der Waals surface area contributed by atoms with Crippen molar-refractivity contribution in [3.8, 4) is 5.69 Å². The fourth-order valence-corrected chi connectivity index (χ4v) is 3.76. The van der Waals surface area contributed by atoms with Gasteiger partial charge in [0.2, 0.25) is 0 Å². The molecule has 1 aromatic heterocycles. The monoisotopic (exact) mass is 311 g/mol. The standard InChI is InChI=1S/C19H25N3O/c1-13-10-14(2)12-21(11-13)19(23)18-15(3)20-22(16(18)4)17-8-6-5-7-9-17/h5-9,13-14H,10-12H2,1-4H3. The molecule has 1 saturated heterocycles. The molecular weight excluding hydrogens is 286 g/mol. The zero-order valence-corrected chi connectivity index (χ0v) is 14.4. The number of amides is 1. The first-order valence-electron chi connectivity index (χ1n) is 8.38. The van der Waals surface area contributed by atoms with Gasteiger partial charge < -0.3 is 4.90 Å². The van der Waals surface area contributed by atoms with Gasteiger partial charge in [-0.05, 0) is 44.2 Å². The number of nitrogens with zero attached hydrogens (tertiary/aromatic N) is 3. The van der Waals surface area contributed by atoms with Gasteiger partial charge in [-0.25, -0.2) is 4.68 Å². The molecule has 2 aromatic rings. The Morgan fingerprint density at radius 3 is 2.30 bits per heavy atom. The molecule has 1 fully saturated rings. The van der Waals surface area contributed by atoms with E-state index in [1.165, 1.54) is 6.42 Å². The minimum Gasteiger partial charge on any atom is -0.338 e. The van der Waals surface area contributed by atoms with Crippen molar-refractivity contribution in [2.45, 2.75) is 34.1 Å². The summed E-state index contributed by atoms with van der Waals surface area (Å²) >= 11 is 0. The van der Waals surface area contributed by atoms with Crippen molar-refractivity contribution in [1.29, 1.82) is 0 Å². The summed E-state index contributed by atoms with van der Waals surface area (Å²) in [5.41, 5.74) is 3.48. The maximum absolute atomic E-state index is 13.0. The molecule has 1 amide bonds. The van der Waals surface area contributed by atoms with Crippen LogP contribution in [0.3, 0.4) is 0 Å². The molecule has 0 aliphatic carbocycles. The number of carbonyl (C=O) groups is 1. The number of benzene rings is 1.